The molecule has 0 aliphatic carbocycles. The molecule has 29 heavy (non-hydrogen) atoms. The van der Waals surface area contributed by atoms with Gasteiger partial charge in [0.1, 0.15) is 5.69 Å². The van der Waals surface area contributed by atoms with Crippen molar-refractivity contribution < 1.29 is 9.53 Å². The molecule has 0 saturated heterocycles. The Bertz CT molecular complexity index is 960. The summed E-state index contributed by atoms with van der Waals surface area (Å²) in [5.74, 6) is -0.557. The predicted molar refractivity (Wildman–Crippen MR) is 115 cm³/mol. The number of aromatic nitrogens is 2. The Kier molecular flexibility index (Phi) is 7.31. The van der Waals surface area contributed by atoms with Crippen molar-refractivity contribution >= 4 is 29.1 Å². The first-order valence-corrected chi connectivity index (χ1v) is 10.1. The summed E-state index contributed by atoms with van der Waals surface area (Å²) in [5, 5.41) is 1.10. The molecular formula is C22H23Cl2N3O2. The zero-order valence-electron chi connectivity index (χ0n) is 16.1. The number of hydrogen-bond acceptors (Lipinski definition) is 3. The summed E-state index contributed by atoms with van der Waals surface area (Å²) >= 11 is 12.5. The van der Waals surface area contributed by atoms with Gasteiger partial charge in [-0.15, -0.1) is 0 Å². The fraction of sp³-hybridized carbons (Fsp3) is 0.273. The third-order valence-electron chi connectivity index (χ3n) is 4.88. The molecule has 0 aliphatic rings. The number of ether oxygens (including phenoxy) is 1. The minimum atomic E-state index is -0.557. The maximum atomic E-state index is 11.5. The summed E-state index contributed by atoms with van der Waals surface area (Å²) < 4.78 is 8.02. The van der Waals surface area contributed by atoms with Gasteiger partial charge in [0.05, 0.1) is 35.1 Å². The van der Waals surface area contributed by atoms with Gasteiger partial charge in [0, 0.05) is 6.20 Å². The number of imidazole rings is 1. The molecule has 3 aromatic rings. The summed E-state index contributed by atoms with van der Waals surface area (Å²) in [6, 6.07) is 15.5. The highest BCUT2D eigenvalue weighted by Crippen LogP contribution is 2.29. The zero-order chi connectivity index (χ0) is 20.8. The average molecular weight is 432 g/mol. The van der Waals surface area contributed by atoms with E-state index >= 15 is 0 Å². The van der Waals surface area contributed by atoms with Gasteiger partial charge in [-0.2, -0.15) is 0 Å². The van der Waals surface area contributed by atoms with Crippen LogP contribution in [0.5, 0.6) is 0 Å². The van der Waals surface area contributed by atoms with Crippen LogP contribution in [0.4, 0.5) is 0 Å². The molecule has 5 nitrogen and oxygen atoms in total. The third-order valence-corrected chi connectivity index (χ3v) is 5.73. The molecule has 0 spiro atoms. The summed E-state index contributed by atoms with van der Waals surface area (Å²) in [4.78, 5) is 15.6. The van der Waals surface area contributed by atoms with Crippen LogP contribution in [0.2, 0.25) is 10.0 Å². The van der Waals surface area contributed by atoms with Crippen LogP contribution < -0.4 is 5.73 Å². The van der Waals surface area contributed by atoms with E-state index in [4.69, 9.17) is 33.7 Å². The minimum absolute atomic E-state index is 0.0608. The minimum Gasteiger partial charge on any atom is -0.372 e. The SMILES string of the molecule is C[C@H](OCc1ccccc1)[C@@H](CCc1cccc(Cl)c1Cl)n1cnc(C(N)=O)c1. The molecule has 1 heterocycles. The van der Waals surface area contributed by atoms with Crippen molar-refractivity contribution in [3.05, 3.63) is 87.9 Å². The molecule has 0 bridgehead atoms. The van der Waals surface area contributed by atoms with E-state index in [0.717, 1.165) is 17.5 Å². The van der Waals surface area contributed by atoms with E-state index in [2.05, 4.69) is 4.98 Å². The second kappa shape index (κ2) is 9.92. The quantitative estimate of drug-likeness (QED) is 0.513. The molecule has 0 saturated carbocycles. The topological polar surface area (TPSA) is 70.1 Å². The van der Waals surface area contributed by atoms with E-state index in [0.29, 0.717) is 23.1 Å². The van der Waals surface area contributed by atoms with Crippen molar-refractivity contribution in [1.82, 2.24) is 9.55 Å². The fourth-order valence-corrected chi connectivity index (χ4v) is 3.64. The number of nitrogens with zero attached hydrogens (tertiary/aromatic N) is 2. The molecule has 2 atom stereocenters. The van der Waals surface area contributed by atoms with Gasteiger partial charge in [0.15, 0.2) is 0 Å². The number of aryl methyl sites for hydroxylation is 1. The first-order valence-electron chi connectivity index (χ1n) is 9.37. The number of carbonyl (C=O) groups excluding carboxylic acids is 1. The zero-order valence-corrected chi connectivity index (χ0v) is 17.6. The maximum absolute atomic E-state index is 11.5. The normalized spacial score (nSPS) is 13.2. The predicted octanol–water partition coefficient (Wildman–Crippen LogP) is 5.07. The third kappa shape index (κ3) is 5.60. The van der Waals surface area contributed by atoms with E-state index in [-0.39, 0.29) is 17.8 Å². The van der Waals surface area contributed by atoms with Gasteiger partial charge in [-0.05, 0) is 37.0 Å². The molecule has 1 aromatic heterocycles. The van der Waals surface area contributed by atoms with Crippen LogP contribution in [0.1, 0.15) is 41.0 Å². The molecule has 0 radical (unpaired) electrons. The van der Waals surface area contributed by atoms with Crippen LogP contribution in [0.3, 0.4) is 0 Å². The van der Waals surface area contributed by atoms with Crippen molar-refractivity contribution in [3.8, 4) is 0 Å². The van der Waals surface area contributed by atoms with E-state index in [9.17, 15) is 4.79 Å². The first-order chi connectivity index (χ1) is 14.0. The Balaban J connectivity index is 1.76. The monoisotopic (exact) mass is 431 g/mol. The molecule has 3 rings (SSSR count). The second-order valence-corrected chi connectivity index (χ2v) is 7.68. The Morgan fingerprint density at radius 2 is 1.93 bits per heavy atom. The summed E-state index contributed by atoms with van der Waals surface area (Å²) in [6.45, 7) is 2.50. The van der Waals surface area contributed by atoms with Gasteiger partial charge in [-0.3, -0.25) is 4.79 Å². The number of amides is 1. The number of halogens is 2. The Labute approximate surface area is 180 Å². The number of hydrogen-bond donors (Lipinski definition) is 1. The van der Waals surface area contributed by atoms with E-state index < -0.39 is 5.91 Å². The average Bonchev–Trinajstić information content (AvgIpc) is 3.20. The van der Waals surface area contributed by atoms with Crippen LogP contribution in [-0.2, 0) is 17.8 Å². The molecule has 1 amide bonds. The fourth-order valence-electron chi connectivity index (χ4n) is 3.23. The van der Waals surface area contributed by atoms with Crippen molar-refractivity contribution in [2.24, 2.45) is 5.73 Å². The lowest BCUT2D eigenvalue weighted by molar-refractivity contribution is 0.0148. The number of nitrogens with two attached hydrogens (primary N) is 1. The van der Waals surface area contributed by atoms with Crippen molar-refractivity contribution in [3.63, 3.8) is 0 Å². The molecule has 2 aromatic carbocycles. The standard InChI is InChI=1S/C22H23Cl2N3O2/c1-15(29-13-16-6-3-2-4-7-16)20(27-12-19(22(25)28)26-14-27)11-10-17-8-5-9-18(23)21(17)24/h2-9,12,14-15,20H,10-11,13H2,1H3,(H2,25,28)/t15-,20+/m0/s1. The summed E-state index contributed by atoms with van der Waals surface area (Å²) in [7, 11) is 0. The van der Waals surface area contributed by atoms with Crippen molar-refractivity contribution in [2.75, 3.05) is 0 Å². The van der Waals surface area contributed by atoms with Gasteiger partial charge < -0.3 is 15.0 Å². The number of carbonyl (C=O) groups is 1. The van der Waals surface area contributed by atoms with E-state index in [1.165, 1.54) is 0 Å². The van der Waals surface area contributed by atoms with Gasteiger partial charge >= 0.3 is 0 Å². The van der Waals surface area contributed by atoms with Gasteiger partial charge in [-0.25, -0.2) is 4.98 Å². The lowest BCUT2D eigenvalue weighted by Crippen LogP contribution is -2.24. The highest BCUT2D eigenvalue weighted by atomic mass is 35.5. The molecule has 152 valence electrons. The lowest BCUT2D eigenvalue weighted by Gasteiger charge is -2.26. The Morgan fingerprint density at radius 3 is 2.62 bits per heavy atom. The molecule has 0 fully saturated rings. The highest BCUT2D eigenvalue weighted by molar-refractivity contribution is 6.42. The van der Waals surface area contributed by atoms with E-state index in [1.54, 1.807) is 18.6 Å². The smallest absolute Gasteiger partial charge is 0.268 e. The van der Waals surface area contributed by atoms with Gasteiger partial charge in [0.2, 0.25) is 0 Å². The summed E-state index contributed by atoms with van der Waals surface area (Å²) in [5.41, 5.74) is 7.65. The van der Waals surface area contributed by atoms with E-state index in [1.807, 2.05) is 54.0 Å². The molecular weight excluding hydrogens is 409 g/mol. The summed E-state index contributed by atoms with van der Waals surface area (Å²) in [6.07, 6.45) is 4.57. The molecule has 7 heteroatoms. The molecule has 0 aliphatic heterocycles. The number of primary amides is 1. The van der Waals surface area contributed by atoms with Crippen LogP contribution in [0.25, 0.3) is 0 Å². The molecule has 2 N–H and O–H groups in total. The van der Waals surface area contributed by atoms with Gasteiger partial charge in [0.25, 0.3) is 5.91 Å². The number of rotatable bonds is 9. The van der Waals surface area contributed by atoms with Crippen LogP contribution in [0.15, 0.2) is 61.1 Å². The first kappa shape index (κ1) is 21.4. The van der Waals surface area contributed by atoms with Gasteiger partial charge in [-0.1, -0.05) is 65.7 Å². The second-order valence-electron chi connectivity index (χ2n) is 6.89. The Hall–Kier alpha value is -2.34. The van der Waals surface area contributed by atoms with Crippen molar-refractivity contribution in [2.45, 2.75) is 38.5 Å². The Morgan fingerprint density at radius 1 is 1.17 bits per heavy atom. The highest BCUT2D eigenvalue weighted by Gasteiger charge is 2.22. The van der Waals surface area contributed by atoms with Crippen LogP contribution in [-0.4, -0.2) is 21.6 Å². The maximum Gasteiger partial charge on any atom is 0.268 e. The molecule has 0 unspecified atom stereocenters. The van der Waals surface area contributed by atoms with Crippen molar-refractivity contribution in [1.29, 1.82) is 0 Å². The van der Waals surface area contributed by atoms with Crippen LogP contribution >= 0.6 is 23.2 Å². The lowest BCUT2D eigenvalue weighted by atomic mass is 10.0. The van der Waals surface area contributed by atoms with Crippen LogP contribution in [0, 0.1) is 0 Å². The largest absolute Gasteiger partial charge is 0.372 e. The number of benzene rings is 2.